The van der Waals surface area contributed by atoms with Gasteiger partial charge < -0.3 is 5.32 Å². The zero-order valence-corrected chi connectivity index (χ0v) is 12.6. The summed E-state index contributed by atoms with van der Waals surface area (Å²) in [5.74, 6) is -0.347. The minimum atomic E-state index is -0.347. The molecule has 0 bridgehead atoms. The van der Waals surface area contributed by atoms with Crippen molar-refractivity contribution in [3.8, 4) is 0 Å². The first-order valence-electron chi connectivity index (χ1n) is 6.41. The van der Waals surface area contributed by atoms with Gasteiger partial charge in [0.1, 0.15) is 5.69 Å². The lowest BCUT2D eigenvalue weighted by Crippen LogP contribution is -2.44. The molecular weight excluding hydrogens is 284 g/mol. The highest BCUT2D eigenvalue weighted by molar-refractivity contribution is 7.80. The molecule has 2 aromatic rings. The van der Waals surface area contributed by atoms with Gasteiger partial charge in [-0.3, -0.25) is 20.6 Å². The van der Waals surface area contributed by atoms with E-state index in [0.29, 0.717) is 10.8 Å². The van der Waals surface area contributed by atoms with Gasteiger partial charge in [0.05, 0.1) is 0 Å². The molecule has 108 valence electrons. The highest BCUT2D eigenvalue weighted by Gasteiger charge is 2.06. The van der Waals surface area contributed by atoms with Crippen LogP contribution in [0, 0.1) is 13.8 Å². The summed E-state index contributed by atoms with van der Waals surface area (Å²) >= 11 is 5.13. The van der Waals surface area contributed by atoms with Crippen LogP contribution in [0.3, 0.4) is 0 Å². The molecule has 1 heterocycles. The molecular formula is C15H16N4OS. The van der Waals surface area contributed by atoms with E-state index in [0.717, 1.165) is 16.8 Å². The lowest BCUT2D eigenvalue weighted by molar-refractivity contribution is 0.0939. The third kappa shape index (κ3) is 4.54. The van der Waals surface area contributed by atoms with E-state index in [1.54, 1.807) is 24.4 Å². The summed E-state index contributed by atoms with van der Waals surface area (Å²) in [6.45, 7) is 4.02. The lowest BCUT2D eigenvalue weighted by Gasteiger charge is -2.12. The molecule has 0 atom stereocenters. The molecule has 0 aliphatic carbocycles. The second kappa shape index (κ2) is 6.81. The summed E-state index contributed by atoms with van der Waals surface area (Å²) < 4.78 is 0. The van der Waals surface area contributed by atoms with Gasteiger partial charge in [-0.25, -0.2) is 0 Å². The van der Waals surface area contributed by atoms with Crippen LogP contribution in [0.1, 0.15) is 21.6 Å². The second-order valence-corrected chi connectivity index (χ2v) is 5.03. The van der Waals surface area contributed by atoms with Crippen LogP contribution in [0.4, 0.5) is 5.69 Å². The van der Waals surface area contributed by atoms with Crippen LogP contribution in [0.25, 0.3) is 0 Å². The van der Waals surface area contributed by atoms with Crippen molar-refractivity contribution >= 4 is 28.9 Å². The zero-order valence-electron chi connectivity index (χ0n) is 11.8. The molecule has 0 radical (unpaired) electrons. The fourth-order valence-corrected chi connectivity index (χ4v) is 2.05. The highest BCUT2D eigenvalue weighted by atomic mass is 32.1. The van der Waals surface area contributed by atoms with E-state index < -0.39 is 0 Å². The maximum absolute atomic E-state index is 11.8. The maximum atomic E-state index is 11.8. The monoisotopic (exact) mass is 300 g/mol. The lowest BCUT2D eigenvalue weighted by atomic mass is 10.1. The number of aryl methyl sites for hydroxylation is 2. The number of hydrazine groups is 1. The van der Waals surface area contributed by atoms with Crippen molar-refractivity contribution in [1.29, 1.82) is 0 Å². The van der Waals surface area contributed by atoms with Crippen LogP contribution >= 0.6 is 12.2 Å². The summed E-state index contributed by atoms with van der Waals surface area (Å²) in [5.41, 5.74) is 8.61. The average molecular weight is 300 g/mol. The number of hydrogen-bond donors (Lipinski definition) is 3. The SMILES string of the molecule is Cc1cc(C)cc(NC(=S)NNC(=O)c2ccccn2)c1. The van der Waals surface area contributed by atoms with E-state index in [2.05, 4.69) is 27.2 Å². The number of carbonyl (C=O) groups excluding carboxylic acids is 1. The molecule has 0 unspecified atom stereocenters. The molecule has 0 fully saturated rings. The van der Waals surface area contributed by atoms with Crippen molar-refractivity contribution in [3.63, 3.8) is 0 Å². The number of hydrogen-bond acceptors (Lipinski definition) is 3. The quantitative estimate of drug-likeness (QED) is 0.587. The molecule has 0 saturated carbocycles. The van der Waals surface area contributed by atoms with Crippen molar-refractivity contribution in [1.82, 2.24) is 15.8 Å². The summed E-state index contributed by atoms with van der Waals surface area (Å²) in [5, 5.41) is 3.33. The van der Waals surface area contributed by atoms with Gasteiger partial charge in [0.15, 0.2) is 5.11 Å². The van der Waals surface area contributed by atoms with Crippen LogP contribution in [0.2, 0.25) is 0 Å². The van der Waals surface area contributed by atoms with Crippen LogP contribution in [-0.2, 0) is 0 Å². The zero-order chi connectivity index (χ0) is 15.2. The first-order valence-corrected chi connectivity index (χ1v) is 6.82. The topological polar surface area (TPSA) is 66.0 Å². The summed E-state index contributed by atoms with van der Waals surface area (Å²) in [7, 11) is 0. The highest BCUT2D eigenvalue weighted by Crippen LogP contribution is 2.13. The number of thiocarbonyl (C=S) groups is 1. The van der Waals surface area contributed by atoms with E-state index in [4.69, 9.17) is 12.2 Å². The van der Waals surface area contributed by atoms with E-state index in [9.17, 15) is 4.79 Å². The first-order chi connectivity index (χ1) is 10.0. The predicted octanol–water partition coefficient (Wildman–Crippen LogP) is 2.33. The number of rotatable bonds is 2. The maximum Gasteiger partial charge on any atom is 0.288 e. The van der Waals surface area contributed by atoms with Crippen molar-refractivity contribution in [2.75, 3.05) is 5.32 Å². The minimum Gasteiger partial charge on any atom is -0.331 e. The van der Waals surface area contributed by atoms with E-state index in [-0.39, 0.29) is 5.91 Å². The largest absolute Gasteiger partial charge is 0.331 e. The number of aromatic nitrogens is 1. The fourth-order valence-electron chi connectivity index (χ4n) is 1.88. The Labute approximate surface area is 128 Å². The Bertz CT molecular complexity index is 638. The van der Waals surface area contributed by atoms with Gasteiger partial charge in [0, 0.05) is 11.9 Å². The van der Waals surface area contributed by atoms with E-state index >= 15 is 0 Å². The number of carbonyl (C=O) groups is 1. The number of anilines is 1. The number of nitrogens with zero attached hydrogens (tertiary/aromatic N) is 1. The summed E-state index contributed by atoms with van der Waals surface area (Å²) in [6.07, 6.45) is 1.56. The number of amides is 1. The fraction of sp³-hybridized carbons (Fsp3) is 0.133. The second-order valence-electron chi connectivity index (χ2n) is 4.62. The Morgan fingerprint density at radius 2 is 1.81 bits per heavy atom. The van der Waals surface area contributed by atoms with Crippen molar-refractivity contribution in [3.05, 3.63) is 59.4 Å². The van der Waals surface area contributed by atoms with E-state index in [1.165, 1.54) is 0 Å². The smallest absolute Gasteiger partial charge is 0.288 e. The normalized spacial score (nSPS) is 9.81. The van der Waals surface area contributed by atoms with Crippen LogP contribution in [0.5, 0.6) is 0 Å². The third-order valence-corrected chi connectivity index (χ3v) is 2.87. The summed E-state index contributed by atoms with van der Waals surface area (Å²) in [6, 6.07) is 11.1. The number of benzene rings is 1. The van der Waals surface area contributed by atoms with Gasteiger partial charge in [0.25, 0.3) is 5.91 Å². The Morgan fingerprint density at radius 1 is 1.10 bits per heavy atom. The van der Waals surface area contributed by atoms with Crippen LogP contribution in [0.15, 0.2) is 42.6 Å². The Balaban J connectivity index is 1.89. The molecule has 0 aliphatic heterocycles. The molecule has 1 aromatic carbocycles. The van der Waals surface area contributed by atoms with Crippen LogP contribution < -0.4 is 16.2 Å². The number of pyridine rings is 1. The molecule has 0 spiro atoms. The van der Waals surface area contributed by atoms with E-state index in [1.807, 2.05) is 26.0 Å². The molecule has 0 saturated heterocycles. The minimum absolute atomic E-state index is 0.310. The Morgan fingerprint density at radius 3 is 2.43 bits per heavy atom. The van der Waals surface area contributed by atoms with Crippen LogP contribution in [-0.4, -0.2) is 16.0 Å². The Hall–Kier alpha value is -2.47. The molecule has 5 nitrogen and oxygen atoms in total. The van der Waals surface area contributed by atoms with Crippen molar-refractivity contribution < 1.29 is 4.79 Å². The van der Waals surface area contributed by atoms with Gasteiger partial charge in [-0.1, -0.05) is 12.1 Å². The van der Waals surface area contributed by atoms with Gasteiger partial charge in [-0.2, -0.15) is 0 Å². The molecule has 1 amide bonds. The van der Waals surface area contributed by atoms with Crippen molar-refractivity contribution in [2.24, 2.45) is 0 Å². The molecule has 21 heavy (non-hydrogen) atoms. The van der Waals surface area contributed by atoms with Gasteiger partial charge in [-0.05, 0) is 61.5 Å². The van der Waals surface area contributed by atoms with Gasteiger partial charge in [0.2, 0.25) is 0 Å². The van der Waals surface area contributed by atoms with Gasteiger partial charge >= 0.3 is 0 Å². The first kappa shape index (κ1) is 14.9. The van der Waals surface area contributed by atoms with Gasteiger partial charge in [-0.15, -0.1) is 0 Å². The average Bonchev–Trinajstić information content (AvgIpc) is 2.44. The molecule has 2 rings (SSSR count). The summed E-state index contributed by atoms with van der Waals surface area (Å²) in [4.78, 5) is 15.7. The molecule has 3 N–H and O–H groups in total. The molecule has 6 heteroatoms. The molecule has 0 aliphatic rings. The predicted molar refractivity (Wildman–Crippen MR) is 87.0 cm³/mol. The Kier molecular flexibility index (Phi) is 4.84. The van der Waals surface area contributed by atoms with Crippen molar-refractivity contribution in [2.45, 2.75) is 13.8 Å². The standard InChI is InChI=1S/C15H16N4OS/c1-10-7-11(2)9-12(8-10)17-15(21)19-18-14(20)13-5-3-4-6-16-13/h3-9H,1-2H3,(H,18,20)(H2,17,19,21). The number of nitrogens with one attached hydrogen (secondary N) is 3. The third-order valence-electron chi connectivity index (χ3n) is 2.67. The molecule has 1 aromatic heterocycles.